The molecular weight excluding hydrogens is 406 g/mol. The van der Waals surface area contributed by atoms with Crippen LogP contribution in [0.4, 0.5) is 0 Å². The Morgan fingerprint density at radius 1 is 0.679 bits per heavy atom. The second-order valence-corrected chi connectivity index (χ2v) is 7.73. The average Bonchev–Trinajstić information content (AvgIpc) is 2.70. The molecule has 0 spiro atoms. The van der Waals surface area contributed by atoms with E-state index in [1.54, 1.807) is 0 Å². The third kappa shape index (κ3) is 6.32. The van der Waals surface area contributed by atoms with Gasteiger partial charge in [-0.2, -0.15) is 0 Å². The molecule has 148 valence electrons. The molecule has 0 saturated carbocycles. The third-order valence-electron chi connectivity index (χ3n) is 5.53. The zero-order valence-corrected chi connectivity index (χ0v) is 18.5. The number of hydrogen-bond donors (Lipinski definition) is 1. The van der Waals surface area contributed by atoms with Crippen molar-refractivity contribution >= 4 is 17.0 Å². The monoisotopic (exact) mass is 437 g/mol. The molecule has 3 rings (SSSR count). The summed E-state index contributed by atoms with van der Waals surface area (Å²) in [7, 11) is 0. The fourth-order valence-corrected chi connectivity index (χ4v) is 4.14. The van der Waals surface area contributed by atoms with Crippen LogP contribution in [0.15, 0.2) is 91.0 Å². The Labute approximate surface area is 180 Å². The second-order valence-electron chi connectivity index (χ2n) is 7.73. The van der Waals surface area contributed by atoms with E-state index in [1.807, 2.05) is 0 Å². The molecule has 0 aliphatic heterocycles. The van der Waals surface area contributed by atoms with Gasteiger partial charge in [-0.05, 0) is 48.3 Å². The van der Waals surface area contributed by atoms with E-state index in [-0.39, 0.29) is 22.5 Å². The molecule has 0 amide bonds. The summed E-state index contributed by atoms with van der Waals surface area (Å²) < 4.78 is 0. The highest BCUT2D eigenvalue weighted by Gasteiger charge is 2.34. The quantitative estimate of drug-likeness (QED) is 0.411. The Bertz CT molecular complexity index is 745. The summed E-state index contributed by atoms with van der Waals surface area (Å²) in [6.07, 6.45) is 5.14. The Morgan fingerprint density at radius 2 is 1.07 bits per heavy atom. The lowest BCUT2D eigenvalue weighted by atomic mass is 9.71. The zero-order valence-electron chi connectivity index (χ0n) is 16.8. The van der Waals surface area contributed by atoms with E-state index in [9.17, 15) is 0 Å². The van der Waals surface area contributed by atoms with Gasteiger partial charge in [0.15, 0.2) is 0 Å². The van der Waals surface area contributed by atoms with E-state index in [0.717, 1.165) is 32.1 Å². The highest BCUT2D eigenvalue weighted by Crippen LogP contribution is 2.31. The first-order valence-corrected chi connectivity index (χ1v) is 10.1. The maximum atomic E-state index is 7.24. The molecule has 0 saturated heterocycles. The van der Waals surface area contributed by atoms with Gasteiger partial charge in [-0.25, -0.2) is 0 Å². The number of rotatable bonds is 9. The first-order valence-electron chi connectivity index (χ1n) is 10.1. The van der Waals surface area contributed by atoms with Crippen LogP contribution in [-0.2, 0) is 19.3 Å². The summed E-state index contributed by atoms with van der Waals surface area (Å²) in [5, 5.41) is 0. The smallest absolute Gasteiger partial charge is 0.0267 e. The van der Waals surface area contributed by atoms with Crippen molar-refractivity contribution in [3.05, 3.63) is 108 Å². The lowest BCUT2D eigenvalue weighted by Crippen LogP contribution is -2.52. The molecule has 0 radical (unpaired) electrons. The topological polar surface area (TPSA) is 26.0 Å². The maximum Gasteiger partial charge on any atom is 0.0267 e. The molecule has 1 atom stereocenters. The zero-order chi connectivity index (χ0) is 19.0. The predicted molar refractivity (Wildman–Crippen MR) is 126 cm³/mol. The van der Waals surface area contributed by atoms with E-state index in [4.69, 9.17) is 5.73 Å². The molecule has 0 heterocycles. The largest absolute Gasteiger partial charge is 0.324 e. The van der Waals surface area contributed by atoms with Crippen LogP contribution in [0.2, 0.25) is 0 Å². The summed E-state index contributed by atoms with van der Waals surface area (Å²) >= 11 is 0. The first kappa shape index (κ1) is 22.4. The van der Waals surface area contributed by atoms with Crippen LogP contribution in [0.5, 0.6) is 0 Å². The molecule has 2 heteroatoms. The summed E-state index contributed by atoms with van der Waals surface area (Å²) in [6.45, 7) is 2.27. The van der Waals surface area contributed by atoms with Crippen molar-refractivity contribution in [1.29, 1.82) is 0 Å². The Balaban J connectivity index is 0.00000280. The Kier molecular flexibility index (Phi) is 8.95. The fourth-order valence-electron chi connectivity index (χ4n) is 4.14. The van der Waals surface area contributed by atoms with Gasteiger partial charge in [0.05, 0.1) is 0 Å². The van der Waals surface area contributed by atoms with Gasteiger partial charge in [-0.1, -0.05) is 104 Å². The maximum absolute atomic E-state index is 7.24. The minimum absolute atomic E-state index is 0. The van der Waals surface area contributed by atoms with Crippen LogP contribution in [0.1, 0.15) is 36.5 Å². The lowest BCUT2D eigenvalue weighted by Gasteiger charge is -2.39. The summed E-state index contributed by atoms with van der Waals surface area (Å²) in [5.41, 5.74) is 11.0. The van der Waals surface area contributed by atoms with E-state index < -0.39 is 0 Å². The predicted octanol–water partition coefficient (Wildman–Crippen LogP) is 6.41. The third-order valence-corrected chi connectivity index (χ3v) is 5.53. The summed E-state index contributed by atoms with van der Waals surface area (Å²) in [6, 6.07) is 32.2. The van der Waals surface area contributed by atoms with Gasteiger partial charge < -0.3 is 5.73 Å². The molecular formula is C26H32BrN. The van der Waals surface area contributed by atoms with Crippen LogP contribution in [0.3, 0.4) is 0 Å². The number of nitrogens with two attached hydrogens (primary N) is 1. The van der Waals surface area contributed by atoms with E-state index in [0.29, 0.717) is 5.92 Å². The average molecular weight is 438 g/mol. The molecule has 0 aliphatic carbocycles. The van der Waals surface area contributed by atoms with Gasteiger partial charge in [-0.15, -0.1) is 17.0 Å². The number of hydrogen-bond acceptors (Lipinski definition) is 1. The van der Waals surface area contributed by atoms with Crippen molar-refractivity contribution < 1.29 is 0 Å². The summed E-state index contributed by atoms with van der Waals surface area (Å²) in [4.78, 5) is 0. The standard InChI is InChI=1S/C26H31N.BrH/c1-2-12-25(19-22-13-6-3-7-14-22)26(27,20-23-15-8-4-9-16-23)21-24-17-10-5-11-18-24;/h3-11,13-18,25H,2,12,19-21,27H2,1H3;1H. The highest BCUT2D eigenvalue weighted by molar-refractivity contribution is 8.93. The molecule has 0 bridgehead atoms. The van der Waals surface area contributed by atoms with Gasteiger partial charge in [0.25, 0.3) is 0 Å². The number of halogens is 1. The van der Waals surface area contributed by atoms with Gasteiger partial charge in [0.2, 0.25) is 0 Å². The van der Waals surface area contributed by atoms with Crippen LogP contribution in [0.25, 0.3) is 0 Å². The van der Waals surface area contributed by atoms with Crippen molar-refractivity contribution in [2.24, 2.45) is 11.7 Å². The number of benzene rings is 3. The highest BCUT2D eigenvalue weighted by atomic mass is 79.9. The second kappa shape index (κ2) is 11.2. The van der Waals surface area contributed by atoms with E-state index >= 15 is 0 Å². The first-order chi connectivity index (χ1) is 13.2. The van der Waals surface area contributed by atoms with Crippen molar-refractivity contribution in [2.75, 3.05) is 0 Å². The Morgan fingerprint density at radius 3 is 1.46 bits per heavy atom. The minimum Gasteiger partial charge on any atom is -0.324 e. The van der Waals surface area contributed by atoms with Crippen molar-refractivity contribution in [1.82, 2.24) is 0 Å². The molecule has 3 aromatic carbocycles. The SMILES string of the molecule is Br.CCCC(Cc1ccccc1)C(N)(Cc1ccccc1)Cc1ccccc1. The van der Waals surface area contributed by atoms with E-state index in [2.05, 4.69) is 97.9 Å². The molecule has 0 fully saturated rings. The van der Waals surface area contributed by atoms with Gasteiger partial charge in [0.1, 0.15) is 0 Å². The molecule has 0 aromatic heterocycles. The molecule has 1 nitrogen and oxygen atoms in total. The van der Waals surface area contributed by atoms with Crippen LogP contribution >= 0.6 is 17.0 Å². The van der Waals surface area contributed by atoms with E-state index in [1.165, 1.54) is 16.7 Å². The molecule has 1 unspecified atom stereocenters. The van der Waals surface area contributed by atoms with Crippen LogP contribution in [-0.4, -0.2) is 5.54 Å². The van der Waals surface area contributed by atoms with Gasteiger partial charge in [0, 0.05) is 5.54 Å². The summed E-state index contributed by atoms with van der Waals surface area (Å²) in [5.74, 6) is 0.435. The molecule has 0 aliphatic rings. The van der Waals surface area contributed by atoms with Crippen LogP contribution < -0.4 is 5.73 Å². The fraction of sp³-hybridized carbons (Fsp3) is 0.308. The lowest BCUT2D eigenvalue weighted by molar-refractivity contribution is 0.245. The Hall–Kier alpha value is -1.90. The normalized spacial score (nSPS) is 12.2. The van der Waals surface area contributed by atoms with Crippen LogP contribution in [0, 0.1) is 5.92 Å². The van der Waals surface area contributed by atoms with Crippen molar-refractivity contribution in [3.63, 3.8) is 0 Å². The van der Waals surface area contributed by atoms with Gasteiger partial charge in [-0.3, -0.25) is 0 Å². The molecule has 28 heavy (non-hydrogen) atoms. The minimum atomic E-state index is -0.269. The van der Waals surface area contributed by atoms with Crippen molar-refractivity contribution in [2.45, 2.75) is 44.6 Å². The molecule has 3 aromatic rings. The molecule has 2 N–H and O–H groups in total. The van der Waals surface area contributed by atoms with Crippen molar-refractivity contribution in [3.8, 4) is 0 Å². The van der Waals surface area contributed by atoms with Gasteiger partial charge >= 0.3 is 0 Å².